The minimum Gasteiger partial charge on any atom is -0.478 e. The monoisotopic (exact) mass is 757 g/mol. The van der Waals surface area contributed by atoms with Gasteiger partial charge in [0.1, 0.15) is 23.3 Å². The normalized spacial score (nSPS) is 17.8. The number of rotatable bonds is 9. The first kappa shape index (κ1) is 36.4. The number of fused-ring (bicyclic) bond motifs is 2. The first-order valence-corrected chi connectivity index (χ1v) is 18.5. The lowest BCUT2D eigenvalue weighted by Crippen LogP contribution is -2.54. The van der Waals surface area contributed by atoms with Crippen molar-refractivity contribution in [2.24, 2.45) is 0 Å². The van der Waals surface area contributed by atoms with Crippen LogP contribution in [0.25, 0.3) is 32.2 Å². The van der Waals surface area contributed by atoms with Crippen LogP contribution in [0.15, 0.2) is 46.8 Å². The third-order valence-corrected chi connectivity index (χ3v) is 11.4. The molecule has 1 aliphatic carbocycles. The summed E-state index contributed by atoms with van der Waals surface area (Å²) in [5.74, 6) is 6.06. The Kier molecular flexibility index (Phi) is 10.4. The van der Waals surface area contributed by atoms with E-state index in [4.69, 9.17) is 11.6 Å². The molecule has 7 rings (SSSR count). The molecule has 0 atom stereocenters. The number of ether oxygens (including phenoxy) is 1. The molecular formula is C38H34ClF2N7O4S. The lowest BCUT2D eigenvalue weighted by atomic mass is 9.86. The van der Waals surface area contributed by atoms with Crippen molar-refractivity contribution >= 4 is 55.8 Å². The van der Waals surface area contributed by atoms with Gasteiger partial charge in [0.25, 0.3) is 5.56 Å². The number of thiophene rings is 1. The number of aromatic nitrogens is 4. The number of anilines is 1. The van der Waals surface area contributed by atoms with E-state index in [1.807, 2.05) is 6.92 Å². The number of pyridine rings is 2. The number of hydrogen-bond donors (Lipinski definition) is 1. The topological polar surface area (TPSA) is 137 Å². The summed E-state index contributed by atoms with van der Waals surface area (Å²) in [4.78, 5) is 43.9. The largest absolute Gasteiger partial charge is 0.478 e. The summed E-state index contributed by atoms with van der Waals surface area (Å²) in [5.41, 5.74) is 2.65. The molecule has 0 unspecified atom stereocenters. The van der Waals surface area contributed by atoms with E-state index in [1.165, 1.54) is 15.9 Å². The number of nitriles is 1. The molecule has 0 radical (unpaired) electrons. The van der Waals surface area contributed by atoms with E-state index in [0.29, 0.717) is 62.9 Å². The first-order chi connectivity index (χ1) is 25.6. The lowest BCUT2D eigenvalue weighted by Gasteiger charge is -2.47. The minimum absolute atomic E-state index is 0.00749. The number of carboxylic acid groups (broad SMARTS) is 1. The Morgan fingerprint density at radius 3 is 2.68 bits per heavy atom. The van der Waals surface area contributed by atoms with Crippen molar-refractivity contribution in [2.45, 2.75) is 70.9 Å². The molecule has 53 heavy (non-hydrogen) atoms. The molecule has 11 nitrogen and oxygen atoms in total. The summed E-state index contributed by atoms with van der Waals surface area (Å²) < 4.78 is 31.9. The van der Waals surface area contributed by atoms with Crippen molar-refractivity contribution < 1.29 is 23.4 Å². The fourth-order valence-corrected chi connectivity index (χ4v) is 8.61. The van der Waals surface area contributed by atoms with Crippen LogP contribution in [0, 0.1) is 30.1 Å². The fraction of sp³-hybridized carbons (Fsp3) is 0.368. The second-order valence-corrected chi connectivity index (χ2v) is 14.4. The third kappa shape index (κ3) is 7.08. The van der Waals surface area contributed by atoms with E-state index in [0.717, 1.165) is 31.5 Å². The Morgan fingerprint density at radius 1 is 1.21 bits per heavy atom. The Labute approximate surface area is 312 Å². The van der Waals surface area contributed by atoms with Crippen LogP contribution in [-0.4, -0.2) is 79.9 Å². The predicted octanol–water partition coefficient (Wildman–Crippen LogP) is 6.71. The van der Waals surface area contributed by atoms with Crippen LogP contribution in [0.2, 0.25) is 5.02 Å². The van der Waals surface area contributed by atoms with Gasteiger partial charge >= 0.3 is 12.6 Å². The molecule has 2 fully saturated rings. The molecule has 4 aromatic heterocycles. The number of alkyl halides is 2. The number of carboxylic acids is 1. The van der Waals surface area contributed by atoms with Crippen molar-refractivity contribution in [3.63, 3.8) is 0 Å². The number of aryl methyl sites for hydroxylation is 1. The fourth-order valence-electron chi connectivity index (χ4n) is 7.41. The molecule has 2 aliphatic rings. The summed E-state index contributed by atoms with van der Waals surface area (Å²) in [7, 11) is 0. The van der Waals surface area contributed by atoms with Crippen LogP contribution in [0.3, 0.4) is 0 Å². The highest BCUT2D eigenvalue weighted by Gasteiger charge is 2.38. The molecular weight excluding hydrogens is 724 g/mol. The van der Waals surface area contributed by atoms with Gasteiger partial charge < -0.3 is 19.6 Å². The molecule has 1 N–H and O–H groups in total. The summed E-state index contributed by atoms with van der Waals surface area (Å²) in [6.45, 7) is 3.08. The zero-order valence-corrected chi connectivity index (χ0v) is 30.4. The van der Waals surface area contributed by atoms with Crippen molar-refractivity contribution in [1.29, 1.82) is 5.26 Å². The molecule has 1 saturated heterocycles. The van der Waals surface area contributed by atoms with Crippen molar-refractivity contribution in [1.82, 2.24) is 24.4 Å². The van der Waals surface area contributed by atoms with Crippen molar-refractivity contribution in [3.05, 3.63) is 79.9 Å². The van der Waals surface area contributed by atoms with Gasteiger partial charge in [-0.15, -0.1) is 11.3 Å². The minimum atomic E-state index is -2.75. The van der Waals surface area contributed by atoms with E-state index >= 15 is 0 Å². The van der Waals surface area contributed by atoms with Gasteiger partial charge in [0.15, 0.2) is 0 Å². The van der Waals surface area contributed by atoms with Crippen LogP contribution in [0.1, 0.15) is 59.9 Å². The van der Waals surface area contributed by atoms with Crippen LogP contribution in [0.4, 0.5) is 14.6 Å². The Morgan fingerprint density at radius 2 is 1.98 bits per heavy atom. The van der Waals surface area contributed by atoms with Gasteiger partial charge in [-0.3, -0.25) is 14.3 Å². The number of nitrogens with zero attached hydrogens (tertiary/aromatic N) is 7. The number of hydrogen-bond acceptors (Lipinski definition) is 10. The van der Waals surface area contributed by atoms with Crippen molar-refractivity contribution in [2.75, 3.05) is 24.5 Å². The van der Waals surface area contributed by atoms with Gasteiger partial charge in [0.05, 0.1) is 45.5 Å². The second kappa shape index (κ2) is 15.2. The van der Waals surface area contributed by atoms with Crippen molar-refractivity contribution in [3.8, 4) is 29.0 Å². The van der Waals surface area contributed by atoms with E-state index in [9.17, 15) is 28.7 Å². The number of carbonyl (C=O) groups is 1. The number of halogens is 3. The Hall–Kier alpha value is -4.99. The molecule has 15 heteroatoms. The Balaban J connectivity index is 1.16. The molecule has 0 amide bonds. The smallest absolute Gasteiger partial charge is 0.345 e. The quantitative estimate of drug-likeness (QED) is 0.162. The summed E-state index contributed by atoms with van der Waals surface area (Å²) in [6, 6.07) is 9.60. The SMILES string of the molecule is CCN(c1ncc2nc(C)n(CC#Cc3ccc(Cl)cc3-c3ccnc4c(C(=O)O)csc34)c(=O)c2c1C#N)C1CCN(C2CC(OC(F)F)C2)CC1. The first-order valence-electron chi connectivity index (χ1n) is 17.2. The van der Waals surface area contributed by atoms with E-state index in [1.54, 1.807) is 49.0 Å². The predicted molar refractivity (Wildman–Crippen MR) is 199 cm³/mol. The van der Waals surface area contributed by atoms with Crippen LogP contribution in [-0.2, 0) is 11.3 Å². The number of likely N-dealkylation sites (tertiary alicyclic amines) is 1. The summed E-state index contributed by atoms with van der Waals surface area (Å²) in [6.07, 6.45) is 5.49. The second-order valence-electron chi connectivity index (χ2n) is 13.1. The highest BCUT2D eigenvalue weighted by Crippen LogP contribution is 2.37. The average molecular weight is 758 g/mol. The zero-order valence-electron chi connectivity index (χ0n) is 28.9. The van der Waals surface area contributed by atoms with Crippen LogP contribution >= 0.6 is 22.9 Å². The highest BCUT2D eigenvalue weighted by atomic mass is 35.5. The van der Waals surface area contributed by atoms with Crippen LogP contribution < -0.4 is 10.5 Å². The number of benzene rings is 1. The van der Waals surface area contributed by atoms with Crippen LogP contribution in [0.5, 0.6) is 0 Å². The molecule has 0 spiro atoms. The molecule has 0 bridgehead atoms. The molecule has 5 heterocycles. The number of piperidine rings is 1. The third-order valence-electron chi connectivity index (χ3n) is 10.1. The standard InChI is InChI=1S/C38H34ClF2N7O4S/c1-3-47(24-9-13-46(14-10-24)25-16-26(17-25)52-38(40)41)35-29(18-42)32-31(19-44-35)45-21(2)48(36(32)49)12-4-5-22-6-7-23(39)15-28(22)27-8-11-43-33-30(37(50)51)20-53-34(27)33/h6-8,11,15,19-20,24-26,38H,3,9-10,12-14,16-17H2,1-2H3,(H,50,51). The Bertz CT molecular complexity index is 2390. The maximum Gasteiger partial charge on any atom is 0.345 e. The highest BCUT2D eigenvalue weighted by molar-refractivity contribution is 7.18. The summed E-state index contributed by atoms with van der Waals surface area (Å²) >= 11 is 7.68. The zero-order chi connectivity index (χ0) is 37.4. The summed E-state index contributed by atoms with van der Waals surface area (Å²) in [5, 5.41) is 22.3. The van der Waals surface area contributed by atoms with Gasteiger partial charge in [-0.2, -0.15) is 14.0 Å². The average Bonchev–Trinajstić information content (AvgIpc) is 3.57. The maximum absolute atomic E-state index is 14.1. The van der Waals surface area contributed by atoms with Gasteiger partial charge in [-0.1, -0.05) is 23.4 Å². The van der Waals surface area contributed by atoms with Gasteiger partial charge in [0.2, 0.25) is 0 Å². The van der Waals surface area contributed by atoms with E-state index in [-0.39, 0.29) is 35.1 Å². The van der Waals surface area contributed by atoms with E-state index in [2.05, 4.69) is 47.4 Å². The molecule has 5 aromatic rings. The molecule has 1 saturated carbocycles. The van der Waals surface area contributed by atoms with Gasteiger partial charge in [-0.25, -0.2) is 14.8 Å². The number of aromatic carboxylic acids is 1. The van der Waals surface area contributed by atoms with Gasteiger partial charge in [-0.05, 0) is 63.8 Å². The molecule has 272 valence electrons. The van der Waals surface area contributed by atoms with E-state index < -0.39 is 24.2 Å². The lowest BCUT2D eigenvalue weighted by molar-refractivity contribution is -0.194. The molecule has 1 aromatic carbocycles. The molecule has 1 aliphatic heterocycles. The van der Waals surface area contributed by atoms with Gasteiger partial charge in [0, 0.05) is 65.0 Å². The maximum atomic E-state index is 14.1.